The summed E-state index contributed by atoms with van der Waals surface area (Å²) in [4.78, 5) is 17.0. The van der Waals surface area contributed by atoms with E-state index in [4.69, 9.17) is 9.97 Å². The van der Waals surface area contributed by atoms with E-state index in [0.717, 1.165) is 43.2 Å². The van der Waals surface area contributed by atoms with E-state index < -0.39 is 11.6 Å². The second-order valence-corrected chi connectivity index (χ2v) is 12.4. The van der Waals surface area contributed by atoms with Crippen LogP contribution in [0.15, 0.2) is 60.8 Å². The van der Waals surface area contributed by atoms with Gasteiger partial charge in [-0.1, -0.05) is 48.6 Å². The van der Waals surface area contributed by atoms with Gasteiger partial charge < -0.3 is 14.8 Å². The highest BCUT2D eigenvalue weighted by molar-refractivity contribution is 5.82. The number of aromatic nitrogens is 4. The minimum atomic E-state index is -4.37. The molecule has 1 aliphatic heterocycles. The summed E-state index contributed by atoms with van der Waals surface area (Å²) in [6, 6.07) is 11.8. The summed E-state index contributed by atoms with van der Waals surface area (Å²) in [5, 5.41) is 3.38. The molecule has 2 aliphatic carbocycles. The Morgan fingerprint density at radius 3 is 2.48 bits per heavy atom. The molecule has 2 fully saturated rings. The first kappa shape index (κ1) is 28.6. The van der Waals surface area contributed by atoms with Gasteiger partial charge in [0.1, 0.15) is 5.82 Å². The van der Waals surface area contributed by atoms with Gasteiger partial charge in [0.15, 0.2) is 0 Å². The second-order valence-electron chi connectivity index (χ2n) is 12.4. The molecule has 0 spiro atoms. The van der Waals surface area contributed by atoms with Crippen molar-refractivity contribution in [3.63, 3.8) is 0 Å². The normalized spacial score (nSPS) is 22.7. The standard InChI is InChI=1S/C33H39F3N6/c1-22(24-8-5-4-6-9-24)38-31-37-17-13-27(39-31)29-28(26-10-7-16-32(2,20-26)33(34,35)36)40-30(41(29)3)25-14-18-42(19-15-25)21-23-11-12-23/h4-10,13,17,20,22-23,25H,11-12,14-16,18-19,21H2,1-3H3,(H,37,38,39)/t22-,32?/m0/s1. The van der Waals surface area contributed by atoms with Gasteiger partial charge in [0.25, 0.3) is 0 Å². The average molecular weight is 577 g/mol. The molecule has 42 heavy (non-hydrogen) atoms. The summed E-state index contributed by atoms with van der Waals surface area (Å²) in [5.41, 5.74) is 1.51. The van der Waals surface area contributed by atoms with Gasteiger partial charge in [0.2, 0.25) is 5.95 Å². The summed E-state index contributed by atoms with van der Waals surface area (Å²) in [7, 11) is 1.97. The Balaban J connectivity index is 1.36. The van der Waals surface area contributed by atoms with Gasteiger partial charge in [-0.05, 0) is 82.2 Å². The van der Waals surface area contributed by atoms with Gasteiger partial charge in [0, 0.05) is 25.7 Å². The molecule has 0 amide bonds. The maximum absolute atomic E-state index is 14.1. The first-order valence-corrected chi connectivity index (χ1v) is 15.0. The monoisotopic (exact) mass is 576 g/mol. The number of rotatable bonds is 8. The molecular formula is C33H39F3N6. The molecular weight excluding hydrogens is 537 g/mol. The number of nitrogens with one attached hydrogen (secondary N) is 1. The zero-order valence-corrected chi connectivity index (χ0v) is 24.5. The van der Waals surface area contributed by atoms with E-state index in [9.17, 15) is 13.2 Å². The smallest absolute Gasteiger partial charge is 0.348 e. The molecule has 3 aliphatic rings. The van der Waals surface area contributed by atoms with Gasteiger partial charge in [-0.25, -0.2) is 15.0 Å². The molecule has 1 saturated heterocycles. The quantitative estimate of drug-likeness (QED) is 0.300. The lowest BCUT2D eigenvalue weighted by Gasteiger charge is -2.31. The molecule has 0 bridgehead atoms. The number of benzene rings is 1. The molecule has 9 heteroatoms. The molecule has 222 valence electrons. The zero-order valence-electron chi connectivity index (χ0n) is 24.5. The molecule has 3 heterocycles. The Kier molecular flexibility index (Phi) is 7.72. The van der Waals surface area contributed by atoms with Gasteiger partial charge in [-0.15, -0.1) is 0 Å². The van der Waals surface area contributed by atoms with Crippen LogP contribution in [-0.2, 0) is 7.05 Å². The Morgan fingerprint density at radius 1 is 1.05 bits per heavy atom. The van der Waals surface area contributed by atoms with Crippen molar-refractivity contribution in [2.45, 2.75) is 64.1 Å². The van der Waals surface area contributed by atoms with Crippen molar-refractivity contribution in [1.82, 2.24) is 24.4 Å². The minimum Gasteiger partial charge on any atom is -0.348 e. The molecule has 2 atom stereocenters. The lowest BCUT2D eigenvalue weighted by atomic mass is 9.80. The van der Waals surface area contributed by atoms with E-state index in [1.54, 1.807) is 18.3 Å². The van der Waals surface area contributed by atoms with Crippen LogP contribution in [0.2, 0.25) is 0 Å². The number of hydrogen-bond donors (Lipinski definition) is 1. The first-order chi connectivity index (χ1) is 20.1. The van der Waals surface area contributed by atoms with Crippen LogP contribution in [0.4, 0.5) is 19.1 Å². The number of likely N-dealkylation sites (tertiary alicyclic amines) is 1. The van der Waals surface area contributed by atoms with Crippen molar-refractivity contribution in [3.05, 3.63) is 77.9 Å². The average Bonchev–Trinajstić information content (AvgIpc) is 3.73. The van der Waals surface area contributed by atoms with Crippen LogP contribution in [-0.4, -0.2) is 50.2 Å². The lowest BCUT2D eigenvalue weighted by Crippen LogP contribution is -2.35. The summed E-state index contributed by atoms with van der Waals surface area (Å²) >= 11 is 0. The van der Waals surface area contributed by atoms with E-state index >= 15 is 0 Å². The van der Waals surface area contributed by atoms with E-state index in [-0.39, 0.29) is 18.4 Å². The summed E-state index contributed by atoms with van der Waals surface area (Å²) in [6.07, 6.45) is 6.62. The van der Waals surface area contributed by atoms with Gasteiger partial charge in [-0.2, -0.15) is 13.2 Å². The van der Waals surface area contributed by atoms with E-state index in [1.807, 2.05) is 50.4 Å². The van der Waals surface area contributed by atoms with Crippen LogP contribution in [0.25, 0.3) is 17.0 Å². The zero-order chi connectivity index (χ0) is 29.5. The molecule has 1 saturated carbocycles. The van der Waals surface area contributed by atoms with Crippen LogP contribution in [0.1, 0.15) is 75.0 Å². The highest BCUT2D eigenvalue weighted by Crippen LogP contribution is 2.47. The number of halogens is 3. The predicted octanol–water partition coefficient (Wildman–Crippen LogP) is 7.55. The molecule has 6 nitrogen and oxygen atoms in total. The number of alkyl halides is 3. The molecule has 1 aromatic carbocycles. The van der Waals surface area contributed by atoms with Crippen molar-refractivity contribution in [1.29, 1.82) is 0 Å². The summed E-state index contributed by atoms with van der Waals surface area (Å²) in [6.45, 7) is 6.52. The minimum absolute atomic E-state index is 0.0275. The van der Waals surface area contributed by atoms with Crippen molar-refractivity contribution in [2.24, 2.45) is 18.4 Å². The van der Waals surface area contributed by atoms with Gasteiger partial charge >= 0.3 is 6.18 Å². The second kappa shape index (κ2) is 11.3. The number of nitrogens with zero attached hydrogens (tertiary/aromatic N) is 5. The number of allylic oxidation sites excluding steroid dienone is 4. The molecule has 3 aromatic rings. The van der Waals surface area contributed by atoms with E-state index in [2.05, 4.69) is 19.8 Å². The predicted molar refractivity (Wildman–Crippen MR) is 160 cm³/mol. The fourth-order valence-corrected chi connectivity index (χ4v) is 6.22. The first-order valence-electron chi connectivity index (χ1n) is 15.0. The lowest BCUT2D eigenvalue weighted by molar-refractivity contribution is -0.198. The molecule has 1 N–H and O–H groups in total. The molecule has 0 radical (unpaired) electrons. The maximum atomic E-state index is 14.1. The Morgan fingerprint density at radius 2 is 1.79 bits per heavy atom. The molecule has 1 unspecified atom stereocenters. The van der Waals surface area contributed by atoms with Crippen molar-refractivity contribution < 1.29 is 13.2 Å². The Hall–Kier alpha value is -3.46. The van der Waals surface area contributed by atoms with Crippen molar-refractivity contribution in [3.8, 4) is 11.4 Å². The third kappa shape index (κ3) is 5.89. The Bertz CT molecular complexity index is 1460. The number of imidazole rings is 1. The highest BCUT2D eigenvalue weighted by Gasteiger charge is 2.50. The highest BCUT2D eigenvalue weighted by atomic mass is 19.4. The van der Waals surface area contributed by atoms with Crippen molar-refractivity contribution >= 4 is 11.5 Å². The van der Waals surface area contributed by atoms with Crippen LogP contribution in [0.5, 0.6) is 0 Å². The third-order valence-corrected chi connectivity index (χ3v) is 9.07. The van der Waals surface area contributed by atoms with Crippen LogP contribution in [0, 0.1) is 11.3 Å². The Labute approximate surface area is 245 Å². The summed E-state index contributed by atoms with van der Waals surface area (Å²) in [5.74, 6) is 2.45. The third-order valence-electron chi connectivity index (χ3n) is 9.07. The number of piperidine rings is 1. The number of hydrogen-bond acceptors (Lipinski definition) is 5. The summed E-state index contributed by atoms with van der Waals surface area (Å²) < 4.78 is 44.4. The maximum Gasteiger partial charge on any atom is 0.397 e. The van der Waals surface area contributed by atoms with Crippen LogP contribution in [0.3, 0.4) is 0 Å². The molecule has 2 aromatic heterocycles. The number of anilines is 1. The van der Waals surface area contributed by atoms with Crippen LogP contribution < -0.4 is 5.32 Å². The SMILES string of the molecule is C[C@H](Nc1nccc(-c2c(C3=CC(C)(C(F)(F)F)CC=C3)nc(C3CCN(CC4CC4)CC3)n2C)n1)c1ccccc1. The fraction of sp³-hybridized carbons (Fsp3) is 0.485. The van der Waals surface area contributed by atoms with Crippen molar-refractivity contribution in [2.75, 3.05) is 25.0 Å². The van der Waals surface area contributed by atoms with E-state index in [0.29, 0.717) is 28.6 Å². The van der Waals surface area contributed by atoms with Crippen LogP contribution >= 0.6 is 0 Å². The van der Waals surface area contributed by atoms with Gasteiger partial charge in [-0.3, -0.25) is 0 Å². The largest absolute Gasteiger partial charge is 0.397 e. The van der Waals surface area contributed by atoms with Gasteiger partial charge in [0.05, 0.1) is 28.5 Å². The topological polar surface area (TPSA) is 58.9 Å². The molecule has 6 rings (SSSR count). The van der Waals surface area contributed by atoms with E-state index in [1.165, 1.54) is 32.4 Å². The fourth-order valence-electron chi connectivity index (χ4n) is 6.22.